The van der Waals surface area contributed by atoms with E-state index in [1.807, 2.05) is 0 Å². The summed E-state index contributed by atoms with van der Waals surface area (Å²) in [6, 6.07) is 6.68. The fraction of sp³-hybridized carbons (Fsp3) is 0.381. The molecule has 2 aromatic heterocycles. The van der Waals surface area contributed by atoms with Gasteiger partial charge in [0, 0.05) is 37.1 Å². The summed E-state index contributed by atoms with van der Waals surface area (Å²) in [5, 5.41) is 8.25. The summed E-state index contributed by atoms with van der Waals surface area (Å²) < 4.78 is 26.6. The average molecular weight is 551 g/mol. The van der Waals surface area contributed by atoms with Gasteiger partial charge in [0.05, 0.1) is 15.6 Å². The summed E-state index contributed by atoms with van der Waals surface area (Å²) in [6.45, 7) is 0.843. The molecular formula is C21H23BrN6O5S. The van der Waals surface area contributed by atoms with Gasteiger partial charge in [-0.25, -0.2) is 13.2 Å². The van der Waals surface area contributed by atoms with Crippen molar-refractivity contribution in [2.24, 2.45) is 0 Å². The normalized spacial score (nSPS) is 13.7. The number of aromatic amines is 1. The Hall–Kier alpha value is -3.06. The Kier molecular flexibility index (Phi) is 6.84. The standard InChI is InChI=1S/C21H23BrN6O5S/c1-34(32,33)16-5-2-4-14(10-16)18-12-27(25-24-18)8-3-9-28(15-6-7-15)19(29)13-26-11-17(22)20(30)23-21(26)31/h2,4-5,10-12,15H,3,6-9,13H2,1H3,(H,23,30,31). The predicted molar refractivity (Wildman–Crippen MR) is 127 cm³/mol. The Balaban J connectivity index is 1.38. The molecule has 3 aromatic rings. The first-order valence-corrected chi connectivity index (χ1v) is 13.3. The van der Waals surface area contributed by atoms with Crippen LogP contribution in [0, 0.1) is 0 Å². The molecule has 1 saturated carbocycles. The number of rotatable bonds is 9. The molecule has 1 aromatic carbocycles. The van der Waals surface area contributed by atoms with Gasteiger partial charge in [-0.15, -0.1) is 5.10 Å². The van der Waals surface area contributed by atoms with E-state index in [1.165, 1.54) is 16.8 Å². The topological polar surface area (TPSA) is 140 Å². The van der Waals surface area contributed by atoms with Gasteiger partial charge in [-0.05, 0) is 47.3 Å². The number of hydrogen-bond donors (Lipinski definition) is 1. The Bertz CT molecular complexity index is 1440. The molecule has 0 bridgehead atoms. The third-order valence-corrected chi connectivity index (χ3v) is 7.14. The second kappa shape index (κ2) is 9.66. The highest BCUT2D eigenvalue weighted by molar-refractivity contribution is 9.10. The van der Waals surface area contributed by atoms with E-state index in [4.69, 9.17) is 0 Å². The molecule has 13 heteroatoms. The van der Waals surface area contributed by atoms with Crippen molar-refractivity contribution >= 4 is 31.7 Å². The number of nitrogens with zero attached hydrogens (tertiary/aromatic N) is 5. The maximum Gasteiger partial charge on any atom is 0.328 e. The molecule has 11 nitrogen and oxygen atoms in total. The number of aromatic nitrogens is 5. The van der Waals surface area contributed by atoms with Crippen LogP contribution in [0.5, 0.6) is 0 Å². The van der Waals surface area contributed by atoms with Crippen LogP contribution in [0.1, 0.15) is 19.3 Å². The molecule has 0 saturated heterocycles. The number of benzene rings is 1. The van der Waals surface area contributed by atoms with Gasteiger partial charge in [0.15, 0.2) is 9.84 Å². The second-order valence-electron chi connectivity index (χ2n) is 8.20. The molecule has 34 heavy (non-hydrogen) atoms. The highest BCUT2D eigenvalue weighted by atomic mass is 79.9. The number of carbonyl (C=O) groups is 1. The zero-order valence-electron chi connectivity index (χ0n) is 18.3. The van der Waals surface area contributed by atoms with Crippen LogP contribution in [0.4, 0.5) is 0 Å². The first-order valence-electron chi connectivity index (χ1n) is 10.6. The fourth-order valence-corrected chi connectivity index (χ4v) is 4.58. The molecule has 1 aliphatic carbocycles. The quantitative estimate of drug-likeness (QED) is 0.419. The minimum atomic E-state index is -3.32. The summed E-state index contributed by atoms with van der Waals surface area (Å²) in [6.07, 6.45) is 6.67. The number of sulfone groups is 1. The Morgan fingerprint density at radius 2 is 2.03 bits per heavy atom. The van der Waals surface area contributed by atoms with Crippen LogP contribution >= 0.6 is 15.9 Å². The third kappa shape index (κ3) is 5.70. The second-order valence-corrected chi connectivity index (χ2v) is 11.1. The molecular weight excluding hydrogens is 528 g/mol. The molecule has 1 amide bonds. The van der Waals surface area contributed by atoms with Gasteiger partial charge in [0.2, 0.25) is 5.91 Å². The maximum absolute atomic E-state index is 12.9. The van der Waals surface area contributed by atoms with E-state index in [9.17, 15) is 22.8 Å². The van der Waals surface area contributed by atoms with E-state index >= 15 is 0 Å². The van der Waals surface area contributed by atoms with Crippen LogP contribution in [0.25, 0.3) is 11.3 Å². The van der Waals surface area contributed by atoms with Crippen molar-refractivity contribution in [1.29, 1.82) is 0 Å². The first-order chi connectivity index (χ1) is 16.1. The van der Waals surface area contributed by atoms with Crippen LogP contribution < -0.4 is 11.2 Å². The molecule has 1 fully saturated rings. The molecule has 2 heterocycles. The number of nitrogens with one attached hydrogen (secondary N) is 1. The van der Waals surface area contributed by atoms with E-state index in [0.29, 0.717) is 30.8 Å². The molecule has 0 aliphatic heterocycles. The van der Waals surface area contributed by atoms with Gasteiger partial charge in [-0.2, -0.15) is 0 Å². The largest absolute Gasteiger partial charge is 0.338 e. The minimum absolute atomic E-state index is 0.152. The molecule has 0 atom stereocenters. The Morgan fingerprint density at radius 1 is 1.26 bits per heavy atom. The van der Waals surface area contributed by atoms with Crippen LogP contribution in [0.2, 0.25) is 0 Å². The number of H-pyrrole nitrogens is 1. The lowest BCUT2D eigenvalue weighted by atomic mass is 10.2. The van der Waals surface area contributed by atoms with Crippen molar-refractivity contribution in [1.82, 2.24) is 29.4 Å². The lowest BCUT2D eigenvalue weighted by Gasteiger charge is -2.22. The van der Waals surface area contributed by atoms with Crippen molar-refractivity contribution in [3.63, 3.8) is 0 Å². The molecule has 4 rings (SSSR count). The van der Waals surface area contributed by atoms with Crippen molar-refractivity contribution < 1.29 is 13.2 Å². The van der Waals surface area contributed by atoms with Crippen LogP contribution in [-0.4, -0.2) is 62.6 Å². The van der Waals surface area contributed by atoms with Crippen LogP contribution in [0.3, 0.4) is 0 Å². The summed E-state index contributed by atoms with van der Waals surface area (Å²) in [7, 11) is -3.32. The van der Waals surface area contributed by atoms with E-state index in [1.54, 1.807) is 34.0 Å². The third-order valence-electron chi connectivity index (χ3n) is 5.46. The smallest absolute Gasteiger partial charge is 0.328 e. The van der Waals surface area contributed by atoms with E-state index in [2.05, 4.69) is 31.2 Å². The van der Waals surface area contributed by atoms with Gasteiger partial charge in [-0.1, -0.05) is 17.3 Å². The summed E-state index contributed by atoms with van der Waals surface area (Å²) in [4.78, 5) is 40.5. The van der Waals surface area contributed by atoms with Crippen molar-refractivity contribution in [2.45, 2.75) is 43.3 Å². The molecule has 1 N–H and O–H groups in total. The van der Waals surface area contributed by atoms with E-state index < -0.39 is 21.1 Å². The highest BCUT2D eigenvalue weighted by Crippen LogP contribution is 2.27. The van der Waals surface area contributed by atoms with Gasteiger partial charge in [-0.3, -0.25) is 23.8 Å². The fourth-order valence-electron chi connectivity index (χ4n) is 3.56. The molecule has 180 valence electrons. The molecule has 0 unspecified atom stereocenters. The SMILES string of the molecule is CS(=O)(=O)c1cccc(-c2cn(CCCN(C(=O)Cn3cc(Br)c(=O)[nH]c3=O)C3CC3)nn2)c1. The van der Waals surface area contributed by atoms with Gasteiger partial charge >= 0.3 is 5.69 Å². The molecule has 1 aliphatic rings. The molecule has 0 radical (unpaired) electrons. The number of carbonyl (C=O) groups excluding carboxylic acids is 1. The Labute approximate surface area is 203 Å². The first kappa shape index (κ1) is 24.1. The minimum Gasteiger partial charge on any atom is -0.338 e. The summed E-state index contributed by atoms with van der Waals surface area (Å²) >= 11 is 3.07. The van der Waals surface area contributed by atoms with Crippen LogP contribution in [-0.2, 0) is 27.7 Å². The van der Waals surface area contributed by atoms with E-state index in [0.717, 1.165) is 19.1 Å². The monoisotopic (exact) mass is 550 g/mol. The van der Waals surface area contributed by atoms with Gasteiger partial charge < -0.3 is 4.90 Å². The zero-order valence-corrected chi connectivity index (χ0v) is 20.8. The van der Waals surface area contributed by atoms with Crippen molar-refractivity contribution in [2.75, 3.05) is 12.8 Å². The zero-order chi connectivity index (χ0) is 24.5. The number of hydrogen-bond acceptors (Lipinski definition) is 7. The summed E-state index contributed by atoms with van der Waals surface area (Å²) in [5.41, 5.74) is 0.0421. The number of amides is 1. The van der Waals surface area contributed by atoms with Gasteiger partial charge in [0.25, 0.3) is 5.56 Å². The lowest BCUT2D eigenvalue weighted by Crippen LogP contribution is -2.40. The molecule has 0 spiro atoms. The van der Waals surface area contributed by atoms with Crippen molar-refractivity contribution in [3.8, 4) is 11.3 Å². The lowest BCUT2D eigenvalue weighted by molar-refractivity contribution is -0.132. The average Bonchev–Trinajstić information content (AvgIpc) is 3.51. The van der Waals surface area contributed by atoms with Gasteiger partial charge in [0.1, 0.15) is 12.2 Å². The maximum atomic E-state index is 12.9. The Morgan fingerprint density at radius 3 is 2.74 bits per heavy atom. The number of aryl methyl sites for hydroxylation is 1. The van der Waals surface area contributed by atoms with Crippen molar-refractivity contribution in [3.05, 3.63) is 62.0 Å². The van der Waals surface area contributed by atoms with E-state index in [-0.39, 0.29) is 27.9 Å². The van der Waals surface area contributed by atoms with Crippen LogP contribution in [0.15, 0.2) is 55.6 Å². The number of halogens is 1. The predicted octanol–water partition coefficient (Wildman–Crippen LogP) is 1.04. The highest BCUT2D eigenvalue weighted by Gasteiger charge is 2.32. The summed E-state index contributed by atoms with van der Waals surface area (Å²) in [5.74, 6) is -0.194.